The van der Waals surface area contributed by atoms with E-state index in [1.807, 2.05) is 0 Å². The van der Waals surface area contributed by atoms with E-state index in [4.69, 9.17) is 15.9 Å². The van der Waals surface area contributed by atoms with E-state index in [2.05, 4.69) is 0 Å². The quantitative estimate of drug-likeness (QED) is 0.706. The summed E-state index contributed by atoms with van der Waals surface area (Å²) >= 11 is 0. The summed E-state index contributed by atoms with van der Waals surface area (Å²) in [7, 11) is 0. The zero-order chi connectivity index (χ0) is 10.0. The molecule has 0 amide bonds. The maximum Gasteiger partial charge on any atom is 0.131 e. The predicted molar refractivity (Wildman–Crippen MR) is 53.9 cm³/mol. The van der Waals surface area contributed by atoms with Crippen LogP contribution in [0.5, 0.6) is 5.75 Å². The normalized spacial score (nSPS) is 14.3. The smallest absolute Gasteiger partial charge is 0.131 e. The van der Waals surface area contributed by atoms with Crippen molar-refractivity contribution >= 4 is 12.4 Å². The Bertz CT molecular complexity index is 307. The number of phenolic OH excluding ortho intramolecular Hbond substituents is 1. The van der Waals surface area contributed by atoms with Crippen LogP contribution in [0.25, 0.3) is 0 Å². The first-order chi connectivity index (χ1) is 6.02. The van der Waals surface area contributed by atoms with Crippen LogP contribution < -0.4 is 5.73 Å². The molecule has 1 aromatic rings. The molecule has 14 heavy (non-hydrogen) atoms. The van der Waals surface area contributed by atoms with Crippen LogP contribution in [0.1, 0.15) is 18.5 Å². The van der Waals surface area contributed by atoms with E-state index in [9.17, 15) is 4.39 Å². The van der Waals surface area contributed by atoms with Gasteiger partial charge in [-0.3, -0.25) is 0 Å². The van der Waals surface area contributed by atoms with Crippen molar-refractivity contribution in [1.29, 1.82) is 0 Å². The van der Waals surface area contributed by atoms with Crippen molar-refractivity contribution in [2.45, 2.75) is 19.1 Å². The minimum atomic E-state index is -0.820. The van der Waals surface area contributed by atoms with Gasteiger partial charge in [0, 0.05) is 11.6 Å². The summed E-state index contributed by atoms with van der Waals surface area (Å²) in [5.74, 6) is -0.757. The van der Waals surface area contributed by atoms with E-state index < -0.39 is 18.0 Å². The molecule has 0 spiro atoms. The van der Waals surface area contributed by atoms with Gasteiger partial charge in [-0.15, -0.1) is 12.4 Å². The highest BCUT2D eigenvalue weighted by Crippen LogP contribution is 2.21. The SMILES string of the molecule is C[C@@H](O)[C@@H](N)c1ccc(O)cc1F.Cl. The van der Waals surface area contributed by atoms with Crippen LogP contribution in [0, 0.1) is 5.82 Å². The lowest BCUT2D eigenvalue weighted by atomic mass is 10.0. The number of phenols is 1. The van der Waals surface area contributed by atoms with Crippen LogP contribution in [0.4, 0.5) is 4.39 Å². The first kappa shape index (κ1) is 13.2. The molecule has 1 rings (SSSR count). The molecule has 2 atom stereocenters. The molecule has 0 bridgehead atoms. The Labute approximate surface area is 87.8 Å². The number of aromatic hydroxyl groups is 1. The van der Waals surface area contributed by atoms with Crippen LogP contribution in [-0.2, 0) is 0 Å². The fourth-order valence-electron chi connectivity index (χ4n) is 1.05. The molecular formula is C9H13ClFNO2. The summed E-state index contributed by atoms with van der Waals surface area (Å²) in [6.45, 7) is 1.48. The van der Waals surface area contributed by atoms with Crippen molar-refractivity contribution in [1.82, 2.24) is 0 Å². The highest BCUT2D eigenvalue weighted by atomic mass is 35.5. The second-order valence-corrected chi connectivity index (χ2v) is 2.97. The first-order valence-corrected chi connectivity index (χ1v) is 3.94. The van der Waals surface area contributed by atoms with Gasteiger partial charge in [0.1, 0.15) is 11.6 Å². The lowest BCUT2D eigenvalue weighted by Crippen LogP contribution is -2.24. The van der Waals surface area contributed by atoms with E-state index in [1.54, 1.807) is 0 Å². The Morgan fingerprint density at radius 2 is 2.00 bits per heavy atom. The standard InChI is InChI=1S/C9H12FNO2.ClH/c1-5(12)9(11)7-3-2-6(13)4-8(7)10;/h2-5,9,12-13H,11H2,1H3;1H/t5-,9-;/m1./s1. The van der Waals surface area contributed by atoms with Gasteiger partial charge in [0.05, 0.1) is 12.1 Å². The molecule has 0 aliphatic rings. The third-order valence-electron chi connectivity index (χ3n) is 1.86. The van der Waals surface area contributed by atoms with Gasteiger partial charge in [0.15, 0.2) is 0 Å². The van der Waals surface area contributed by atoms with Crippen LogP contribution in [0.3, 0.4) is 0 Å². The van der Waals surface area contributed by atoms with E-state index in [-0.39, 0.29) is 23.7 Å². The summed E-state index contributed by atoms with van der Waals surface area (Å²) in [5, 5.41) is 18.0. The molecule has 5 heteroatoms. The number of benzene rings is 1. The Kier molecular flexibility index (Phi) is 4.83. The van der Waals surface area contributed by atoms with Crippen LogP contribution >= 0.6 is 12.4 Å². The van der Waals surface area contributed by atoms with Gasteiger partial charge in [-0.25, -0.2) is 4.39 Å². The lowest BCUT2D eigenvalue weighted by Gasteiger charge is -2.15. The van der Waals surface area contributed by atoms with Crippen molar-refractivity contribution < 1.29 is 14.6 Å². The van der Waals surface area contributed by atoms with Gasteiger partial charge < -0.3 is 15.9 Å². The third-order valence-corrected chi connectivity index (χ3v) is 1.86. The molecule has 4 N–H and O–H groups in total. The van der Waals surface area contributed by atoms with E-state index in [0.717, 1.165) is 6.07 Å². The van der Waals surface area contributed by atoms with Gasteiger partial charge in [-0.1, -0.05) is 6.07 Å². The zero-order valence-electron chi connectivity index (χ0n) is 7.64. The molecule has 80 valence electrons. The second kappa shape index (κ2) is 5.14. The topological polar surface area (TPSA) is 66.5 Å². The van der Waals surface area contributed by atoms with Crippen LogP contribution in [0.2, 0.25) is 0 Å². The molecule has 0 radical (unpaired) electrons. The number of hydrogen-bond acceptors (Lipinski definition) is 3. The van der Waals surface area contributed by atoms with E-state index in [0.29, 0.717) is 0 Å². The minimum Gasteiger partial charge on any atom is -0.508 e. The van der Waals surface area contributed by atoms with E-state index >= 15 is 0 Å². The Morgan fingerprint density at radius 1 is 1.43 bits per heavy atom. The average molecular weight is 222 g/mol. The third kappa shape index (κ3) is 2.83. The molecular weight excluding hydrogens is 209 g/mol. The molecule has 0 aromatic heterocycles. The summed E-state index contributed by atoms with van der Waals surface area (Å²) in [5.41, 5.74) is 5.72. The second-order valence-electron chi connectivity index (χ2n) is 2.97. The fraction of sp³-hybridized carbons (Fsp3) is 0.333. The summed E-state index contributed by atoms with van der Waals surface area (Å²) in [6.07, 6.45) is -0.820. The molecule has 3 nitrogen and oxygen atoms in total. The van der Waals surface area contributed by atoms with Crippen molar-refractivity contribution in [3.63, 3.8) is 0 Å². The molecule has 1 aromatic carbocycles. The molecule has 0 saturated carbocycles. The highest BCUT2D eigenvalue weighted by Gasteiger charge is 2.16. The molecule has 0 unspecified atom stereocenters. The Hall–Kier alpha value is -0.840. The Balaban J connectivity index is 0.00000169. The zero-order valence-corrected chi connectivity index (χ0v) is 8.46. The number of rotatable bonds is 2. The van der Waals surface area contributed by atoms with Gasteiger partial charge in [0.2, 0.25) is 0 Å². The van der Waals surface area contributed by atoms with Gasteiger partial charge >= 0.3 is 0 Å². The van der Waals surface area contributed by atoms with Crippen molar-refractivity contribution in [2.75, 3.05) is 0 Å². The maximum atomic E-state index is 13.1. The maximum absolute atomic E-state index is 13.1. The number of halogens is 2. The number of aliphatic hydroxyl groups excluding tert-OH is 1. The molecule has 0 saturated heterocycles. The van der Waals surface area contributed by atoms with Crippen molar-refractivity contribution in [2.24, 2.45) is 5.73 Å². The van der Waals surface area contributed by atoms with Crippen molar-refractivity contribution in [3.05, 3.63) is 29.6 Å². The minimum absolute atomic E-state index is 0. The number of hydrogen-bond donors (Lipinski definition) is 3. The van der Waals surface area contributed by atoms with Gasteiger partial charge in [-0.05, 0) is 13.0 Å². The van der Waals surface area contributed by atoms with Crippen LogP contribution in [-0.4, -0.2) is 16.3 Å². The van der Waals surface area contributed by atoms with Gasteiger partial charge in [0.25, 0.3) is 0 Å². The van der Waals surface area contributed by atoms with E-state index in [1.165, 1.54) is 19.1 Å². The summed E-state index contributed by atoms with van der Waals surface area (Å²) in [4.78, 5) is 0. The largest absolute Gasteiger partial charge is 0.508 e. The molecule has 0 aliphatic heterocycles. The van der Waals surface area contributed by atoms with Gasteiger partial charge in [-0.2, -0.15) is 0 Å². The monoisotopic (exact) mass is 221 g/mol. The first-order valence-electron chi connectivity index (χ1n) is 3.94. The van der Waals surface area contributed by atoms with Crippen LogP contribution in [0.15, 0.2) is 18.2 Å². The number of aliphatic hydroxyl groups is 1. The van der Waals surface area contributed by atoms with Crippen molar-refractivity contribution in [3.8, 4) is 5.75 Å². The Morgan fingerprint density at radius 3 is 2.43 bits per heavy atom. The molecule has 0 aliphatic carbocycles. The summed E-state index contributed by atoms with van der Waals surface area (Å²) in [6, 6.07) is 2.90. The fourth-order valence-corrected chi connectivity index (χ4v) is 1.05. The average Bonchev–Trinajstić information content (AvgIpc) is 2.03. The highest BCUT2D eigenvalue weighted by molar-refractivity contribution is 5.85. The summed E-state index contributed by atoms with van der Waals surface area (Å²) < 4.78 is 13.1. The number of nitrogens with two attached hydrogens (primary N) is 1. The lowest BCUT2D eigenvalue weighted by molar-refractivity contribution is 0.162. The molecule has 0 fully saturated rings. The predicted octanol–water partition coefficient (Wildman–Crippen LogP) is 1.33. The molecule has 0 heterocycles.